The lowest BCUT2D eigenvalue weighted by Crippen LogP contribution is -2.06. The van der Waals surface area contributed by atoms with Crippen molar-refractivity contribution in [2.24, 2.45) is 0 Å². The van der Waals surface area contributed by atoms with E-state index in [1.807, 2.05) is 6.07 Å². The van der Waals surface area contributed by atoms with E-state index in [2.05, 4.69) is 11.1 Å². The number of Topliss-reactive ketones (excluding diaryl/α,β-unsaturated/α-hetero) is 1. The van der Waals surface area contributed by atoms with Crippen molar-refractivity contribution in [2.75, 3.05) is 18.6 Å². The van der Waals surface area contributed by atoms with Crippen LogP contribution in [0, 0.1) is 22.7 Å². The molecule has 1 aromatic heterocycles. The Hall–Kier alpha value is -3.52. The Morgan fingerprint density at radius 1 is 1.17 bits per heavy atom. The number of nitrogen functional groups attached to an aromatic ring is 1. The van der Waals surface area contributed by atoms with E-state index in [0.717, 1.165) is 11.8 Å². The number of halogens is 1. The fraction of sp³-hybridized carbons (Fsp3) is 0.0909. The summed E-state index contributed by atoms with van der Waals surface area (Å²) in [7, 11) is 1.55. The Kier molecular flexibility index (Phi) is 6.58. The number of benzene rings is 2. The van der Waals surface area contributed by atoms with Crippen LogP contribution in [-0.2, 0) is 0 Å². The third kappa shape index (κ3) is 4.38. The maximum Gasteiger partial charge on any atom is 0.173 e. The molecule has 1 heterocycles. The number of aromatic nitrogens is 1. The van der Waals surface area contributed by atoms with E-state index in [9.17, 15) is 15.3 Å². The molecular weight excluding hydrogens is 420 g/mol. The summed E-state index contributed by atoms with van der Waals surface area (Å²) in [6.07, 6.45) is 0. The molecule has 0 fully saturated rings. The average molecular weight is 435 g/mol. The molecule has 0 spiro atoms. The third-order valence-corrected chi connectivity index (χ3v) is 5.49. The lowest BCUT2D eigenvalue weighted by Gasteiger charge is -2.13. The molecule has 0 saturated carbocycles. The number of nitrogens with two attached hydrogens (primary N) is 1. The normalized spacial score (nSPS) is 10.1. The van der Waals surface area contributed by atoms with Crippen molar-refractivity contribution in [2.45, 2.75) is 5.03 Å². The number of carbonyl (C=O) groups excluding carboxylic acids is 1. The Bertz CT molecular complexity index is 1200. The lowest BCUT2D eigenvalue weighted by atomic mass is 9.97. The summed E-state index contributed by atoms with van der Waals surface area (Å²) < 4.78 is 5.09. The fourth-order valence-corrected chi connectivity index (χ4v) is 3.91. The highest BCUT2D eigenvalue weighted by atomic mass is 35.5. The molecule has 0 unspecified atom stereocenters. The molecule has 148 valence electrons. The molecule has 0 saturated heterocycles. The van der Waals surface area contributed by atoms with E-state index in [4.69, 9.17) is 22.1 Å². The first-order chi connectivity index (χ1) is 14.5. The highest BCUT2D eigenvalue weighted by molar-refractivity contribution is 8.00. The fourth-order valence-electron chi connectivity index (χ4n) is 2.83. The van der Waals surface area contributed by atoms with Gasteiger partial charge in [0, 0.05) is 16.1 Å². The monoisotopic (exact) mass is 434 g/mol. The molecule has 2 N–H and O–H groups in total. The van der Waals surface area contributed by atoms with Crippen LogP contribution in [0.5, 0.6) is 5.75 Å². The van der Waals surface area contributed by atoms with Crippen LogP contribution in [0.25, 0.3) is 11.1 Å². The molecule has 6 nitrogen and oxygen atoms in total. The van der Waals surface area contributed by atoms with Gasteiger partial charge in [-0.15, -0.1) is 0 Å². The van der Waals surface area contributed by atoms with Gasteiger partial charge in [-0.1, -0.05) is 35.5 Å². The van der Waals surface area contributed by atoms with Crippen molar-refractivity contribution in [1.29, 1.82) is 10.5 Å². The van der Waals surface area contributed by atoms with Gasteiger partial charge in [0.2, 0.25) is 0 Å². The van der Waals surface area contributed by atoms with Crippen LogP contribution in [0.3, 0.4) is 0 Å². The number of hydrogen-bond donors (Lipinski definition) is 1. The number of pyridine rings is 1. The zero-order chi connectivity index (χ0) is 21.7. The van der Waals surface area contributed by atoms with E-state index in [1.165, 1.54) is 0 Å². The molecule has 0 aliphatic carbocycles. The maximum absolute atomic E-state index is 12.6. The largest absolute Gasteiger partial charge is 0.497 e. The second kappa shape index (κ2) is 9.32. The molecule has 0 amide bonds. The summed E-state index contributed by atoms with van der Waals surface area (Å²) in [6, 6.07) is 17.7. The van der Waals surface area contributed by atoms with Gasteiger partial charge < -0.3 is 10.5 Å². The van der Waals surface area contributed by atoms with Crippen LogP contribution in [0.15, 0.2) is 53.6 Å². The molecule has 8 heteroatoms. The van der Waals surface area contributed by atoms with Crippen LogP contribution >= 0.6 is 23.4 Å². The first kappa shape index (κ1) is 21.2. The summed E-state index contributed by atoms with van der Waals surface area (Å²) in [4.78, 5) is 16.8. The Labute approximate surface area is 182 Å². The van der Waals surface area contributed by atoms with Gasteiger partial charge in [-0.2, -0.15) is 10.5 Å². The van der Waals surface area contributed by atoms with E-state index in [1.54, 1.807) is 55.6 Å². The molecule has 30 heavy (non-hydrogen) atoms. The quantitative estimate of drug-likeness (QED) is 0.441. The molecule has 0 atom stereocenters. The molecule has 0 bridgehead atoms. The van der Waals surface area contributed by atoms with Crippen molar-refractivity contribution in [3.05, 3.63) is 70.2 Å². The molecule has 0 radical (unpaired) electrons. The van der Waals surface area contributed by atoms with Crippen LogP contribution in [0.4, 0.5) is 5.82 Å². The number of nitriles is 2. The van der Waals surface area contributed by atoms with Gasteiger partial charge in [0.15, 0.2) is 5.78 Å². The lowest BCUT2D eigenvalue weighted by molar-refractivity contribution is 0.102. The SMILES string of the molecule is COc1ccc(C(=O)CSc2nc(N)c(C#N)c(-c3cccc(Cl)c3)c2C#N)cc1. The number of carbonyl (C=O) groups is 1. The van der Waals surface area contributed by atoms with Gasteiger partial charge in [-0.3, -0.25) is 4.79 Å². The first-order valence-electron chi connectivity index (χ1n) is 8.68. The zero-order valence-corrected chi connectivity index (χ0v) is 17.4. The first-order valence-corrected chi connectivity index (χ1v) is 10.0. The van der Waals surface area contributed by atoms with Crippen LogP contribution in [0.2, 0.25) is 5.02 Å². The minimum absolute atomic E-state index is 0.00845. The third-order valence-electron chi connectivity index (χ3n) is 4.28. The number of methoxy groups -OCH3 is 1. The van der Waals surface area contributed by atoms with Crippen LogP contribution in [0.1, 0.15) is 21.5 Å². The minimum atomic E-state index is -0.138. The van der Waals surface area contributed by atoms with Gasteiger partial charge in [0.25, 0.3) is 0 Å². The summed E-state index contributed by atoms with van der Waals surface area (Å²) in [5.74, 6) is 0.555. The zero-order valence-electron chi connectivity index (χ0n) is 15.8. The van der Waals surface area contributed by atoms with E-state index < -0.39 is 0 Å². The van der Waals surface area contributed by atoms with Crippen molar-refractivity contribution < 1.29 is 9.53 Å². The van der Waals surface area contributed by atoms with Gasteiger partial charge in [0.1, 0.15) is 34.3 Å². The summed E-state index contributed by atoms with van der Waals surface area (Å²) in [5.41, 5.74) is 7.71. The molecule has 3 rings (SSSR count). The average Bonchev–Trinajstić information content (AvgIpc) is 2.76. The minimum Gasteiger partial charge on any atom is -0.497 e. The molecule has 0 aliphatic heterocycles. The van der Waals surface area contributed by atoms with Crippen molar-refractivity contribution in [3.8, 4) is 29.0 Å². The number of anilines is 1. The number of ketones is 1. The predicted octanol–water partition coefficient (Wildman–Crippen LogP) is 4.71. The van der Waals surface area contributed by atoms with Crippen LogP contribution in [-0.4, -0.2) is 23.6 Å². The molecule has 3 aromatic rings. The van der Waals surface area contributed by atoms with Gasteiger partial charge in [0.05, 0.1) is 18.4 Å². The van der Waals surface area contributed by atoms with Crippen LogP contribution < -0.4 is 10.5 Å². The van der Waals surface area contributed by atoms with Gasteiger partial charge in [-0.25, -0.2) is 4.98 Å². The summed E-state index contributed by atoms with van der Waals surface area (Å²) in [6.45, 7) is 0. The van der Waals surface area contributed by atoms with E-state index in [0.29, 0.717) is 27.5 Å². The Balaban J connectivity index is 1.98. The van der Waals surface area contributed by atoms with E-state index >= 15 is 0 Å². The predicted molar refractivity (Wildman–Crippen MR) is 117 cm³/mol. The number of rotatable bonds is 6. The van der Waals surface area contributed by atoms with Crippen molar-refractivity contribution in [3.63, 3.8) is 0 Å². The second-order valence-corrected chi connectivity index (χ2v) is 7.50. The Morgan fingerprint density at radius 2 is 1.87 bits per heavy atom. The molecule has 0 aliphatic rings. The number of thioether (sulfide) groups is 1. The highest BCUT2D eigenvalue weighted by Gasteiger charge is 2.21. The van der Waals surface area contributed by atoms with Gasteiger partial charge in [-0.05, 0) is 42.0 Å². The summed E-state index contributed by atoms with van der Waals surface area (Å²) in [5, 5.41) is 20.1. The molecule has 2 aromatic carbocycles. The van der Waals surface area contributed by atoms with Crippen molar-refractivity contribution >= 4 is 35.0 Å². The number of hydrogen-bond acceptors (Lipinski definition) is 7. The smallest absolute Gasteiger partial charge is 0.173 e. The topological polar surface area (TPSA) is 113 Å². The Morgan fingerprint density at radius 3 is 2.47 bits per heavy atom. The number of ether oxygens (including phenoxy) is 1. The van der Waals surface area contributed by atoms with E-state index in [-0.39, 0.29) is 33.5 Å². The maximum atomic E-state index is 12.6. The standard InChI is InChI=1S/C22H15ClN4O2S/c1-29-16-7-5-13(6-8-16)19(28)12-30-22-18(11-25)20(17(10-24)21(26)27-22)14-3-2-4-15(23)9-14/h2-9H,12H2,1H3,(H2,26,27). The van der Waals surface area contributed by atoms with Crippen molar-refractivity contribution in [1.82, 2.24) is 4.98 Å². The second-order valence-electron chi connectivity index (χ2n) is 6.10. The molecular formula is C22H15ClN4O2S. The van der Waals surface area contributed by atoms with Gasteiger partial charge >= 0.3 is 0 Å². The summed E-state index contributed by atoms with van der Waals surface area (Å²) >= 11 is 7.18. The highest BCUT2D eigenvalue weighted by Crippen LogP contribution is 2.36. The number of nitrogens with zero attached hydrogens (tertiary/aromatic N) is 3.